The van der Waals surface area contributed by atoms with Gasteiger partial charge in [0, 0.05) is 45.0 Å². The van der Waals surface area contributed by atoms with E-state index in [1.165, 1.54) is 5.69 Å². The van der Waals surface area contributed by atoms with Crippen LogP contribution >= 0.6 is 0 Å². The number of benzene rings is 1. The van der Waals surface area contributed by atoms with Gasteiger partial charge in [-0.25, -0.2) is 0 Å². The van der Waals surface area contributed by atoms with E-state index >= 15 is 0 Å². The zero-order valence-electron chi connectivity index (χ0n) is 14.4. The molecule has 1 heterocycles. The molecule has 1 saturated heterocycles. The number of aliphatic imine (C=N–C) groups is 1. The summed E-state index contributed by atoms with van der Waals surface area (Å²) in [5, 5.41) is 6.46. The van der Waals surface area contributed by atoms with Crippen molar-refractivity contribution >= 4 is 11.6 Å². The maximum absolute atomic E-state index is 12.0. The molecule has 0 bridgehead atoms. The zero-order chi connectivity index (χ0) is 18.1. The number of ether oxygens (including phenoxy) is 1. The Labute approximate surface area is 146 Å². The van der Waals surface area contributed by atoms with Crippen molar-refractivity contribution in [3.8, 4) is 0 Å². The Bertz CT molecular complexity index is 536. The zero-order valence-corrected chi connectivity index (χ0v) is 14.4. The van der Waals surface area contributed by atoms with Crippen molar-refractivity contribution in [1.29, 1.82) is 0 Å². The number of hydrogen-bond acceptors (Lipinski definition) is 3. The lowest BCUT2D eigenvalue weighted by Crippen LogP contribution is -2.45. The van der Waals surface area contributed by atoms with Gasteiger partial charge in [-0.2, -0.15) is 13.2 Å². The standard InChI is InChI=1S/C17H25F3N4O/c1-21-16(22-9-5-11-25-13-17(18,19)20)23-14-8-10-24(12-14)15-6-3-2-4-7-15/h2-4,6-7,14H,5,8-13H2,1H3,(H2,21,22,23). The number of alkyl halides is 3. The van der Waals surface area contributed by atoms with E-state index in [4.69, 9.17) is 0 Å². The van der Waals surface area contributed by atoms with E-state index in [1.54, 1.807) is 7.05 Å². The Balaban J connectivity index is 1.64. The van der Waals surface area contributed by atoms with E-state index in [9.17, 15) is 13.2 Å². The molecule has 0 amide bonds. The van der Waals surface area contributed by atoms with Gasteiger partial charge in [0.1, 0.15) is 6.61 Å². The molecule has 140 valence electrons. The van der Waals surface area contributed by atoms with E-state index in [0.29, 0.717) is 18.9 Å². The van der Waals surface area contributed by atoms with Gasteiger partial charge in [0.25, 0.3) is 0 Å². The number of halogens is 3. The van der Waals surface area contributed by atoms with Crippen LogP contribution in [0.4, 0.5) is 18.9 Å². The predicted octanol–water partition coefficient (Wildman–Crippen LogP) is 2.40. The molecule has 0 radical (unpaired) electrons. The molecule has 1 fully saturated rings. The minimum absolute atomic E-state index is 0.0642. The summed E-state index contributed by atoms with van der Waals surface area (Å²) in [6.45, 7) is 1.24. The highest BCUT2D eigenvalue weighted by Gasteiger charge is 2.27. The molecule has 5 nitrogen and oxygen atoms in total. The highest BCUT2D eigenvalue weighted by atomic mass is 19.4. The summed E-state index contributed by atoms with van der Waals surface area (Å²) in [5.41, 5.74) is 1.21. The van der Waals surface area contributed by atoms with E-state index in [-0.39, 0.29) is 12.6 Å². The molecule has 8 heteroatoms. The largest absolute Gasteiger partial charge is 0.411 e. The van der Waals surface area contributed by atoms with Crippen LogP contribution in [0.1, 0.15) is 12.8 Å². The van der Waals surface area contributed by atoms with Crippen LogP contribution in [0.5, 0.6) is 0 Å². The fourth-order valence-corrected chi connectivity index (χ4v) is 2.71. The molecule has 25 heavy (non-hydrogen) atoms. The fraction of sp³-hybridized carbons (Fsp3) is 0.588. The summed E-state index contributed by atoms with van der Waals surface area (Å²) in [5.74, 6) is 0.663. The maximum Gasteiger partial charge on any atom is 0.411 e. The number of hydrogen-bond donors (Lipinski definition) is 2. The summed E-state index contributed by atoms with van der Waals surface area (Å²) in [6, 6.07) is 10.5. The van der Waals surface area contributed by atoms with Gasteiger partial charge < -0.3 is 20.3 Å². The third-order valence-electron chi connectivity index (χ3n) is 3.90. The first-order chi connectivity index (χ1) is 12.0. The van der Waals surface area contributed by atoms with Crippen molar-refractivity contribution in [2.75, 3.05) is 44.8 Å². The number of nitrogens with one attached hydrogen (secondary N) is 2. The first-order valence-corrected chi connectivity index (χ1v) is 8.39. The molecule has 1 atom stereocenters. The Morgan fingerprint density at radius 1 is 1.32 bits per heavy atom. The van der Waals surface area contributed by atoms with Crippen LogP contribution < -0.4 is 15.5 Å². The number of nitrogens with zero attached hydrogens (tertiary/aromatic N) is 2. The highest BCUT2D eigenvalue weighted by molar-refractivity contribution is 5.80. The van der Waals surface area contributed by atoms with Crippen LogP contribution in [0.3, 0.4) is 0 Å². The van der Waals surface area contributed by atoms with Gasteiger partial charge in [0.15, 0.2) is 5.96 Å². The lowest BCUT2D eigenvalue weighted by Gasteiger charge is -2.20. The van der Waals surface area contributed by atoms with E-state index in [2.05, 4.69) is 37.4 Å². The van der Waals surface area contributed by atoms with Gasteiger partial charge in [-0.15, -0.1) is 0 Å². The molecule has 2 N–H and O–H groups in total. The molecule has 0 aliphatic carbocycles. The first kappa shape index (κ1) is 19.4. The normalized spacial score (nSPS) is 18.5. The second-order valence-electron chi connectivity index (χ2n) is 5.93. The molecule has 1 aromatic rings. The smallest absolute Gasteiger partial charge is 0.372 e. The van der Waals surface area contributed by atoms with Gasteiger partial charge in [0.2, 0.25) is 0 Å². The molecular weight excluding hydrogens is 333 g/mol. The molecule has 0 aromatic heterocycles. The van der Waals surface area contributed by atoms with Crippen molar-refractivity contribution in [2.24, 2.45) is 4.99 Å². The SMILES string of the molecule is CN=C(NCCCOCC(F)(F)F)NC1CCN(c2ccccc2)C1. The van der Waals surface area contributed by atoms with Crippen molar-refractivity contribution in [3.63, 3.8) is 0 Å². The molecule has 1 aliphatic rings. The Morgan fingerprint density at radius 2 is 2.08 bits per heavy atom. The fourth-order valence-electron chi connectivity index (χ4n) is 2.71. The predicted molar refractivity (Wildman–Crippen MR) is 93.0 cm³/mol. The average Bonchev–Trinajstić information content (AvgIpc) is 3.05. The second-order valence-corrected chi connectivity index (χ2v) is 5.93. The quantitative estimate of drug-likeness (QED) is 0.446. The van der Waals surface area contributed by atoms with Crippen LogP contribution in [-0.2, 0) is 4.74 Å². The third-order valence-corrected chi connectivity index (χ3v) is 3.90. The molecule has 0 spiro atoms. The Morgan fingerprint density at radius 3 is 2.76 bits per heavy atom. The van der Waals surface area contributed by atoms with E-state index < -0.39 is 12.8 Å². The van der Waals surface area contributed by atoms with Crippen LogP contribution in [-0.4, -0.2) is 58.1 Å². The number of para-hydroxylation sites is 1. The number of rotatable bonds is 7. The molecule has 1 unspecified atom stereocenters. The minimum Gasteiger partial charge on any atom is -0.372 e. The summed E-state index contributed by atoms with van der Waals surface area (Å²) in [4.78, 5) is 6.48. The summed E-state index contributed by atoms with van der Waals surface area (Å²) >= 11 is 0. The topological polar surface area (TPSA) is 48.9 Å². The Hall–Kier alpha value is -1.96. The molecule has 2 rings (SSSR count). The molecule has 1 aromatic carbocycles. The summed E-state index contributed by atoms with van der Waals surface area (Å²) < 4.78 is 40.4. The van der Waals surface area contributed by atoms with Crippen LogP contribution in [0.2, 0.25) is 0 Å². The molecular formula is C17H25F3N4O. The lowest BCUT2D eigenvalue weighted by molar-refractivity contribution is -0.173. The first-order valence-electron chi connectivity index (χ1n) is 8.39. The van der Waals surface area contributed by atoms with Gasteiger partial charge in [-0.1, -0.05) is 18.2 Å². The van der Waals surface area contributed by atoms with Crippen molar-refractivity contribution in [1.82, 2.24) is 10.6 Å². The van der Waals surface area contributed by atoms with Crippen LogP contribution in [0.25, 0.3) is 0 Å². The van der Waals surface area contributed by atoms with Gasteiger partial charge in [0.05, 0.1) is 0 Å². The number of guanidine groups is 1. The van der Waals surface area contributed by atoms with Gasteiger partial charge in [-0.3, -0.25) is 4.99 Å². The average molecular weight is 358 g/mol. The van der Waals surface area contributed by atoms with Gasteiger partial charge >= 0.3 is 6.18 Å². The number of anilines is 1. The minimum atomic E-state index is -4.27. The maximum atomic E-state index is 12.0. The lowest BCUT2D eigenvalue weighted by atomic mass is 10.3. The second kappa shape index (κ2) is 9.50. The Kier molecular flexibility index (Phi) is 7.36. The van der Waals surface area contributed by atoms with Crippen LogP contribution in [0.15, 0.2) is 35.3 Å². The third kappa shape index (κ3) is 7.21. The van der Waals surface area contributed by atoms with E-state index in [0.717, 1.165) is 19.5 Å². The molecule has 1 aliphatic heterocycles. The monoisotopic (exact) mass is 358 g/mol. The van der Waals surface area contributed by atoms with Gasteiger partial charge in [-0.05, 0) is 25.0 Å². The van der Waals surface area contributed by atoms with Crippen molar-refractivity contribution in [2.45, 2.75) is 25.1 Å². The summed E-state index contributed by atoms with van der Waals surface area (Å²) in [6.07, 6.45) is -2.78. The molecule has 0 saturated carbocycles. The van der Waals surface area contributed by atoms with Crippen molar-refractivity contribution in [3.05, 3.63) is 30.3 Å². The highest BCUT2D eigenvalue weighted by Crippen LogP contribution is 2.19. The van der Waals surface area contributed by atoms with Crippen molar-refractivity contribution < 1.29 is 17.9 Å². The summed E-state index contributed by atoms with van der Waals surface area (Å²) in [7, 11) is 1.68. The van der Waals surface area contributed by atoms with E-state index in [1.807, 2.05) is 18.2 Å². The van der Waals surface area contributed by atoms with Crippen LogP contribution in [0, 0.1) is 0 Å².